The number of ether oxygens (including phenoxy) is 1. The Bertz CT molecular complexity index is 740. The van der Waals surface area contributed by atoms with Crippen molar-refractivity contribution in [1.82, 2.24) is 10.6 Å². The van der Waals surface area contributed by atoms with Crippen LogP contribution in [0.1, 0.15) is 52.6 Å². The highest BCUT2D eigenvalue weighted by Crippen LogP contribution is 2.47. The molecule has 0 aromatic heterocycles. The fourth-order valence-corrected chi connectivity index (χ4v) is 4.13. The van der Waals surface area contributed by atoms with Gasteiger partial charge in [-0.05, 0) is 52.3 Å². The highest BCUT2D eigenvalue weighted by molar-refractivity contribution is 7.53. The number of nitrogens with two attached hydrogens (primary N) is 1. The van der Waals surface area contributed by atoms with Crippen molar-refractivity contribution >= 4 is 25.3 Å². The number of rotatable bonds is 11. The van der Waals surface area contributed by atoms with Crippen molar-refractivity contribution in [2.24, 2.45) is 0 Å². The first-order valence-corrected chi connectivity index (χ1v) is 11.7. The van der Waals surface area contributed by atoms with Crippen LogP contribution in [0.5, 0.6) is 0 Å². The van der Waals surface area contributed by atoms with E-state index in [9.17, 15) is 14.2 Å². The summed E-state index contributed by atoms with van der Waals surface area (Å²) < 4.78 is 28.2. The molecule has 0 bridgehead atoms. The molecule has 1 rings (SSSR count). The average Bonchev–Trinajstić information content (AvgIpc) is 2.60. The van der Waals surface area contributed by atoms with E-state index >= 15 is 0 Å². The van der Waals surface area contributed by atoms with Crippen LogP contribution in [0.3, 0.4) is 0 Å². The number of alkyl carbamates (subject to hydrolysis) is 1. The zero-order chi connectivity index (χ0) is 22.8. The summed E-state index contributed by atoms with van der Waals surface area (Å²) >= 11 is 0. The molecule has 0 saturated carbocycles. The maximum absolute atomic E-state index is 12.5. The number of amides is 2. The summed E-state index contributed by atoms with van der Waals surface area (Å²) in [4.78, 5) is 24.7. The van der Waals surface area contributed by atoms with Crippen molar-refractivity contribution in [3.05, 3.63) is 29.8 Å². The minimum atomic E-state index is -3.24. The third-order valence-corrected chi connectivity index (χ3v) is 5.83. The van der Waals surface area contributed by atoms with Gasteiger partial charge in [-0.3, -0.25) is 9.36 Å². The Balaban J connectivity index is 2.77. The van der Waals surface area contributed by atoms with E-state index in [-0.39, 0.29) is 38.2 Å². The summed E-state index contributed by atoms with van der Waals surface area (Å²) in [6.45, 7) is 9.33. The van der Waals surface area contributed by atoms with Gasteiger partial charge in [-0.15, -0.1) is 0 Å². The highest BCUT2D eigenvalue weighted by Gasteiger charge is 2.25. The molecule has 10 heteroatoms. The molecule has 0 unspecified atom stereocenters. The lowest BCUT2D eigenvalue weighted by atomic mass is 10.0. The Hall–Kier alpha value is -2.09. The summed E-state index contributed by atoms with van der Waals surface area (Å²) in [5.74, 6) is -0.335. The zero-order valence-electron chi connectivity index (χ0n) is 18.4. The first-order valence-electron chi connectivity index (χ1n) is 9.97. The van der Waals surface area contributed by atoms with Gasteiger partial charge in [-0.1, -0.05) is 12.1 Å². The van der Waals surface area contributed by atoms with Gasteiger partial charge in [-0.25, -0.2) is 4.79 Å². The fourth-order valence-electron chi connectivity index (χ4n) is 2.63. The lowest BCUT2D eigenvalue weighted by Crippen LogP contribution is -2.37. The average molecular weight is 443 g/mol. The van der Waals surface area contributed by atoms with Crippen molar-refractivity contribution in [3.63, 3.8) is 0 Å². The Morgan fingerprint density at radius 3 is 2.33 bits per heavy atom. The normalized spacial score (nSPS) is 12.8. The van der Waals surface area contributed by atoms with Gasteiger partial charge in [-0.2, -0.15) is 0 Å². The molecule has 0 spiro atoms. The number of anilines is 1. The predicted molar refractivity (Wildman–Crippen MR) is 116 cm³/mol. The summed E-state index contributed by atoms with van der Waals surface area (Å²) in [5.41, 5.74) is 6.35. The van der Waals surface area contributed by atoms with Gasteiger partial charge in [0.1, 0.15) is 5.60 Å². The van der Waals surface area contributed by atoms with Gasteiger partial charge in [0.25, 0.3) is 0 Å². The lowest BCUT2D eigenvalue weighted by Gasteiger charge is -2.24. The van der Waals surface area contributed by atoms with E-state index in [2.05, 4.69) is 10.6 Å². The molecule has 30 heavy (non-hydrogen) atoms. The molecule has 0 aliphatic rings. The summed E-state index contributed by atoms with van der Waals surface area (Å²) in [6, 6.07) is 6.27. The van der Waals surface area contributed by atoms with Crippen molar-refractivity contribution in [3.8, 4) is 0 Å². The molecule has 1 aromatic carbocycles. The first kappa shape index (κ1) is 25.9. The van der Waals surface area contributed by atoms with Gasteiger partial charge < -0.3 is 30.2 Å². The van der Waals surface area contributed by atoms with Crippen molar-refractivity contribution in [1.29, 1.82) is 0 Å². The van der Waals surface area contributed by atoms with Crippen LogP contribution in [-0.4, -0.2) is 43.5 Å². The molecule has 9 nitrogen and oxygen atoms in total. The lowest BCUT2D eigenvalue weighted by molar-refractivity contribution is -0.121. The molecular formula is C20H34N3O6P. The van der Waals surface area contributed by atoms with Crippen LogP contribution < -0.4 is 16.4 Å². The van der Waals surface area contributed by atoms with Gasteiger partial charge >= 0.3 is 13.7 Å². The van der Waals surface area contributed by atoms with Crippen molar-refractivity contribution in [2.75, 3.05) is 31.7 Å². The molecule has 1 atom stereocenters. The third kappa shape index (κ3) is 10.1. The minimum absolute atomic E-state index is 0.0454. The van der Waals surface area contributed by atoms with E-state index < -0.39 is 25.3 Å². The van der Waals surface area contributed by atoms with Gasteiger partial charge in [0.05, 0.1) is 31.8 Å². The second kappa shape index (κ2) is 11.9. The fraction of sp³-hybridized carbons (Fsp3) is 0.600. The molecule has 0 heterocycles. The summed E-state index contributed by atoms with van der Waals surface area (Å²) in [5, 5.41) is 5.41. The summed E-state index contributed by atoms with van der Waals surface area (Å²) in [6.07, 6.45) is -0.626. The molecule has 0 radical (unpaired) electrons. The van der Waals surface area contributed by atoms with E-state index in [1.54, 1.807) is 58.9 Å². The second-order valence-electron chi connectivity index (χ2n) is 7.59. The first-order chi connectivity index (χ1) is 14.0. The molecule has 2 amide bonds. The van der Waals surface area contributed by atoms with E-state index in [1.165, 1.54) is 0 Å². The van der Waals surface area contributed by atoms with Crippen LogP contribution in [0.25, 0.3) is 0 Å². The smallest absolute Gasteiger partial charge is 0.408 e. The Labute approximate surface area is 178 Å². The number of nitrogens with one attached hydrogen (secondary N) is 2. The topological polar surface area (TPSA) is 129 Å². The minimum Gasteiger partial charge on any atom is -0.444 e. The second-order valence-corrected chi connectivity index (χ2v) is 9.78. The quantitative estimate of drug-likeness (QED) is 0.352. The van der Waals surface area contributed by atoms with E-state index in [0.29, 0.717) is 11.3 Å². The Morgan fingerprint density at radius 1 is 1.17 bits per heavy atom. The number of nitrogen functional groups attached to an aromatic ring is 1. The largest absolute Gasteiger partial charge is 0.444 e. The molecule has 0 aliphatic heterocycles. The SMILES string of the molecule is CCOP(=O)(CCNC(=O)C[C@H](NC(=O)OC(C)(C)C)c1cccc(N)c1)OCC. The molecule has 170 valence electrons. The molecule has 1 aromatic rings. The predicted octanol–water partition coefficient (Wildman–Crippen LogP) is 3.61. The Kier molecular flexibility index (Phi) is 10.3. The molecule has 0 fully saturated rings. The van der Waals surface area contributed by atoms with Crippen molar-refractivity contribution < 1.29 is 27.9 Å². The standard InChI is InChI=1S/C20H34N3O6P/c1-6-27-30(26,28-7-2)12-11-22-18(24)14-17(15-9-8-10-16(21)13-15)23-19(25)29-20(3,4)5/h8-10,13,17H,6-7,11-12,14,21H2,1-5H3,(H,22,24)(H,23,25)/t17-/m0/s1. The molecule has 4 N–H and O–H groups in total. The number of hydrogen-bond donors (Lipinski definition) is 3. The Morgan fingerprint density at radius 2 is 1.80 bits per heavy atom. The van der Waals surface area contributed by atoms with Gasteiger partial charge in [0, 0.05) is 12.2 Å². The number of benzene rings is 1. The van der Waals surface area contributed by atoms with E-state index in [0.717, 1.165) is 0 Å². The molecule has 0 saturated heterocycles. The highest BCUT2D eigenvalue weighted by atomic mass is 31.2. The maximum atomic E-state index is 12.5. The van der Waals surface area contributed by atoms with E-state index in [4.69, 9.17) is 19.5 Å². The molecular weight excluding hydrogens is 409 g/mol. The van der Waals surface area contributed by atoms with Crippen LogP contribution in [0, 0.1) is 0 Å². The number of carbonyl (C=O) groups excluding carboxylic acids is 2. The van der Waals surface area contributed by atoms with Crippen molar-refractivity contribution in [2.45, 2.75) is 52.7 Å². The van der Waals surface area contributed by atoms with Crippen LogP contribution in [0.2, 0.25) is 0 Å². The van der Waals surface area contributed by atoms with Crippen LogP contribution in [-0.2, 0) is 23.1 Å². The summed E-state index contributed by atoms with van der Waals surface area (Å²) in [7, 11) is -3.24. The monoisotopic (exact) mass is 443 g/mol. The number of hydrogen-bond acceptors (Lipinski definition) is 7. The van der Waals surface area contributed by atoms with E-state index in [1.807, 2.05) is 0 Å². The maximum Gasteiger partial charge on any atom is 0.408 e. The molecule has 0 aliphatic carbocycles. The van der Waals surface area contributed by atoms with Crippen LogP contribution >= 0.6 is 7.60 Å². The van der Waals surface area contributed by atoms with Crippen LogP contribution in [0.4, 0.5) is 10.5 Å². The number of carbonyl (C=O) groups is 2. The van der Waals surface area contributed by atoms with Gasteiger partial charge in [0.2, 0.25) is 5.91 Å². The van der Waals surface area contributed by atoms with Gasteiger partial charge in [0.15, 0.2) is 0 Å². The van der Waals surface area contributed by atoms with Crippen LogP contribution in [0.15, 0.2) is 24.3 Å². The zero-order valence-corrected chi connectivity index (χ0v) is 19.3. The third-order valence-electron chi connectivity index (χ3n) is 3.75.